The first kappa shape index (κ1) is 21.7. The van der Waals surface area contributed by atoms with E-state index < -0.39 is 0 Å². The van der Waals surface area contributed by atoms with Crippen molar-refractivity contribution in [1.29, 1.82) is 0 Å². The fourth-order valence-corrected chi connectivity index (χ4v) is 4.00. The number of carbonyl (C=O) groups excluding carboxylic acids is 1. The summed E-state index contributed by atoms with van der Waals surface area (Å²) in [5, 5.41) is 12.9. The van der Waals surface area contributed by atoms with E-state index in [-0.39, 0.29) is 17.1 Å². The van der Waals surface area contributed by atoms with Crippen molar-refractivity contribution >= 4 is 46.6 Å². The van der Waals surface area contributed by atoms with Gasteiger partial charge in [-0.15, -0.1) is 10.2 Å². The van der Waals surface area contributed by atoms with E-state index in [0.717, 1.165) is 11.4 Å². The zero-order valence-corrected chi connectivity index (χ0v) is 19.0. The van der Waals surface area contributed by atoms with Crippen LogP contribution >= 0.6 is 35.0 Å². The van der Waals surface area contributed by atoms with E-state index in [1.54, 1.807) is 18.2 Å². The molecule has 0 aliphatic carbocycles. The maximum Gasteiger partial charge on any atom is 0.234 e. The minimum atomic E-state index is -0.174. The summed E-state index contributed by atoms with van der Waals surface area (Å²) in [5.41, 5.74) is 2.90. The number of anilines is 1. The lowest BCUT2D eigenvalue weighted by Gasteiger charge is -2.19. The van der Waals surface area contributed by atoms with Crippen molar-refractivity contribution in [1.82, 2.24) is 14.8 Å². The number of nitrogens with one attached hydrogen (secondary N) is 1. The molecule has 1 amide bonds. The molecule has 3 aromatic rings. The number of hydrogen-bond acceptors (Lipinski definition) is 4. The molecule has 0 fully saturated rings. The Morgan fingerprint density at radius 2 is 1.69 bits per heavy atom. The van der Waals surface area contributed by atoms with Crippen LogP contribution in [0.25, 0.3) is 11.4 Å². The van der Waals surface area contributed by atoms with Gasteiger partial charge in [0.05, 0.1) is 5.75 Å². The molecular formula is C21H22Cl2N4OS. The SMILES string of the molecule is Cn1c(SCC(=O)Nc2cc(Cl)cc(Cl)c2)nnc1-c1ccc(C(C)(C)C)cc1. The highest BCUT2D eigenvalue weighted by molar-refractivity contribution is 7.99. The molecular weight excluding hydrogens is 427 g/mol. The Labute approximate surface area is 184 Å². The van der Waals surface area contributed by atoms with Gasteiger partial charge in [0.15, 0.2) is 11.0 Å². The van der Waals surface area contributed by atoms with Gasteiger partial charge >= 0.3 is 0 Å². The Morgan fingerprint density at radius 1 is 1.07 bits per heavy atom. The first-order valence-electron chi connectivity index (χ1n) is 9.02. The van der Waals surface area contributed by atoms with Crippen molar-refractivity contribution in [2.45, 2.75) is 31.3 Å². The second-order valence-electron chi connectivity index (χ2n) is 7.69. The number of thioether (sulfide) groups is 1. The summed E-state index contributed by atoms with van der Waals surface area (Å²) in [5.74, 6) is 0.779. The number of carbonyl (C=O) groups is 1. The van der Waals surface area contributed by atoms with Gasteiger partial charge in [0.2, 0.25) is 5.91 Å². The van der Waals surface area contributed by atoms with E-state index in [4.69, 9.17) is 23.2 Å². The van der Waals surface area contributed by atoms with Crippen LogP contribution in [0.15, 0.2) is 47.6 Å². The van der Waals surface area contributed by atoms with E-state index in [2.05, 4.69) is 60.6 Å². The Kier molecular flexibility index (Phi) is 6.56. The van der Waals surface area contributed by atoms with E-state index in [9.17, 15) is 4.79 Å². The molecule has 5 nitrogen and oxygen atoms in total. The van der Waals surface area contributed by atoms with Gasteiger partial charge < -0.3 is 9.88 Å². The van der Waals surface area contributed by atoms with E-state index in [1.807, 2.05) is 11.6 Å². The number of nitrogens with zero attached hydrogens (tertiary/aromatic N) is 3. The molecule has 0 saturated heterocycles. The molecule has 0 unspecified atom stereocenters. The zero-order valence-electron chi connectivity index (χ0n) is 16.7. The summed E-state index contributed by atoms with van der Waals surface area (Å²) < 4.78 is 1.89. The van der Waals surface area contributed by atoms with E-state index in [1.165, 1.54) is 17.3 Å². The molecule has 152 valence electrons. The number of aromatic nitrogens is 3. The van der Waals surface area contributed by atoms with Crippen LogP contribution < -0.4 is 5.32 Å². The lowest BCUT2D eigenvalue weighted by molar-refractivity contribution is -0.113. The van der Waals surface area contributed by atoms with Crippen molar-refractivity contribution in [2.75, 3.05) is 11.1 Å². The lowest BCUT2D eigenvalue weighted by atomic mass is 9.87. The van der Waals surface area contributed by atoms with Crippen molar-refractivity contribution < 1.29 is 4.79 Å². The van der Waals surface area contributed by atoms with Crippen LogP contribution in [0.1, 0.15) is 26.3 Å². The average Bonchev–Trinajstić information content (AvgIpc) is 2.99. The van der Waals surface area contributed by atoms with Crippen molar-refractivity contribution in [3.8, 4) is 11.4 Å². The fourth-order valence-electron chi connectivity index (χ4n) is 2.76. The number of halogens is 2. The minimum Gasteiger partial charge on any atom is -0.325 e. The Bertz CT molecular complexity index is 1010. The topological polar surface area (TPSA) is 59.8 Å². The van der Waals surface area contributed by atoms with Crippen LogP contribution in [-0.2, 0) is 17.3 Å². The lowest BCUT2D eigenvalue weighted by Crippen LogP contribution is -2.14. The van der Waals surface area contributed by atoms with Crippen molar-refractivity contribution in [2.24, 2.45) is 7.05 Å². The maximum absolute atomic E-state index is 12.3. The molecule has 1 N–H and O–H groups in total. The maximum atomic E-state index is 12.3. The first-order valence-corrected chi connectivity index (χ1v) is 10.8. The van der Waals surface area contributed by atoms with Crippen molar-refractivity contribution in [3.63, 3.8) is 0 Å². The van der Waals surface area contributed by atoms with E-state index in [0.29, 0.717) is 20.9 Å². The summed E-state index contributed by atoms with van der Waals surface area (Å²) in [4.78, 5) is 12.3. The van der Waals surface area contributed by atoms with Gasteiger partial charge in [0, 0.05) is 28.3 Å². The Morgan fingerprint density at radius 3 is 2.28 bits per heavy atom. The molecule has 2 aromatic carbocycles. The minimum absolute atomic E-state index is 0.0972. The van der Waals surface area contributed by atoms with Crippen LogP contribution in [0.2, 0.25) is 10.0 Å². The molecule has 1 heterocycles. The monoisotopic (exact) mass is 448 g/mol. The molecule has 1 aromatic heterocycles. The highest BCUT2D eigenvalue weighted by Gasteiger charge is 2.16. The Balaban J connectivity index is 1.66. The smallest absolute Gasteiger partial charge is 0.234 e. The highest BCUT2D eigenvalue weighted by atomic mass is 35.5. The molecule has 0 saturated carbocycles. The summed E-state index contributed by atoms with van der Waals surface area (Å²) in [6, 6.07) is 13.2. The van der Waals surface area contributed by atoms with Gasteiger partial charge in [0.1, 0.15) is 0 Å². The highest BCUT2D eigenvalue weighted by Crippen LogP contribution is 2.27. The number of amides is 1. The average molecular weight is 449 g/mol. The first-order chi connectivity index (χ1) is 13.6. The second-order valence-corrected chi connectivity index (χ2v) is 9.50. The third-order valence-electron chi connectivity index (χ3n) is 4.32. The summed E-state index contributed by atoms with van der Waals surface area (Å²) in [6.07, 6.45) is 0. The predicted octanol–water partition coefficient (Wildman–Crippen LogP) is 5.82. The molecule has 0 spiro atoms. The molecule has 0 aliphatic heterocycles. The molecule has 0 bridgehead atoms. The molecule has 0 atom stereocenters. The third kappa shape index (κ3) is 5.53. The van der Waals surface area contributed by atoms with Crippen LogP contribution in [0, 0.1) is 0 Å². The number of benzene rings is 2. The van der Waals surface area contributed by atoms with E-state index >= 15 is 0 Å². The van der Waals surface area contributed by atoms with Gasteiger partial charge in [0.25, 0.3) is 0 Å². The fraction of sp³-hybridized carbons (Fsp3) is 0.286. The summed E-state index contributed by atoms with van der Waals surface area (Å²) >= 11 is 13.2. The molecule has 3 rings (SSSR count). The summed E-state index contributed by atoms with van der Waals surface area (Å²) in [6.45, 7) is 6.55. The van der Waals surface area contributed by atoms with Gasteiger partial charge in [-0.25, -0.2) is 0 Å². The normalized spacial score (nSPS) is 11.5. The van der Waals surface area contributed by atoms with Gasteiger partial charge in [-0.2, -0.15) is 0 Å². The standard InChI is InChI=1S/C21H22Cl2N4OS/c1-21(2,3)14-7-5-13(6-8-14)19-25-26-20(27(19)4)29-12-18(28)24-17-10-15(22)9-16(23)11-17/h5-11H,12H2,1-4H3,(H,24,28). The molecule has 0 radical (unpaired) electrons. The van der Waals surface area contributed by atoms with Gasteiger partial charge in [-0.1, -0.05) is 80.0 Å². The van der Waals surface area contributed by atoms with Crippen LogP contribution in [0.5, 0.6) is 0 Å². The number of hydrogen-bond donors (Lipinski definition) is 1. The number of rotatable bonds is 5. The van der Waals surface area contributed by atoms with Crippen LogP contribution in [0.4, 0.5) is 5.69 Å². The third-order valence-corrected chi connectivity index (χ3v) is 5.78. The quantitative estimate of drug-likeness (QED) is 0.499. The predicted molar refractivity (Wildman–Crippen MR) is 121 cm³/mol. The zero-order chi connectivity index (χ0) is 21.2. The van der Waals surface area contributed by atoms with Crippen molar-refractivity contribution in [3.05, 3.63) is 58.1 Å². The van der Waals surface area contributed by atoms with Crippen LogP contribution in [-0.4, -0.2) is 26.4 Å². The Hall–Kier alpha value is -2.02. The van der Waals surface area contributed by atoms with Crippen LogP contribution in [0.3, 0.4) is 0 Å². The molecule has 8 heteroatoms. The largest absolute Gasteiger partial charge is 0.325 e. The van der Waals surface area contributed by atoms with Gasteiger partial charge in [-0.3, -0.25) is 4.79 Å². The molecule has 0 aliphatic rings. The summed E-state index contributed by atoms with van der Waals surface area (Å²) in [7, 11) is 1.89. The van der Waals surface area contributed by atoms with Gasteiger partial charge in [-0.05, 0) is 29.2 Å². The molecule has 29 heavy (non-hydrogen) atoms. The second kappa shape index (κ2) is 8.78.